The number of piperidine rings is 1. The summed E-state index contributed by atoms with van der Waals surface area (Å²) in [4.78, 5) is 31.6. The second-order valence-corrected chi connectivity index (χ2v) is 15.9. The number of hydrogen-bond donors (Lipinski definition) is 2. The number of aliphatic hydroxyl groups is 1. The minimum atomic E-state index is -5.35. The van der Waals surface area contributed by atoms with Crippen LogP contribution in [0.1, 0.15) is 103 Å². The molecule has 6 rings (SSSR count). The van der Waals surface area contributed by atoms with Gasteiger partial charge in [0.15, 0.2) is 17.4 Å². The number of rotatable bonds is 7. The van der Waals surface area contributed by atoms with Gasteiger partial charge >= 0.3 is 18.5 Å². The maximum atomic E-state index is 17.2. The maximum absolute atomic E-state index is 17.2. The van der Waals surface area contributed by atoms with Crippen molar-refractivity contribution < 1.29 is 50.9 Å². The number of halogens is 5. The predicted molar refractivity (Wildman–Crippen MR) is 177 cm³/mol. The van der Waals surface area contributed by atoms with Crippen molar-refractivity contribution in [2.45, 2.75) is 110 Å². The van der Waals surface area contributed by atoms with Crippen molar-refractivity contribution in [2.24, 2.45) is 11.8 Å². The zero-order valence-electron chi connectivity index (χ0n) is 29.8. The molecule has 0 radical (unpaired) electrons. The minimum absolute atomic E-state index is 0.0142. The number of ether oxygens (including phenoxy) is 3. The third-order valence-electron chi connectivity index (χ3n) is 9.20. The number of hydrogen-bond acceptors (Lipinski definition) is 7. The molecular formula is C36H43F5N4O6. The lowest BCUT2D eigenvalue weighted by Gasteiger charge is -2.26. The summed E-state index contributed by atoms with van der Waals surface area (Å²) >= 11 is 0. The fraction of sp³-hybridized carbons (Fsp3) is 0.583. The lowest BCUT2D eigenvalue weighted by atomic mass is 9.95. The van der Waals surface area contributed by atoms with E-state index in [0.29, 0.717) is 54.3 Å². The molecule has 3 aliphatic rings. The van der Waals surface area contributed by atoms with Gasteiger partial charge in [0.2, 0.25) is 0 Å². The first-order chi connectivity index (χ1) is 23.6. The van der Waals surface area contributed by atoms with E-state index in [1.807, 2.05) is 0 Å². The summed E-state index contributed by atoms with van der Waals surface area (Å²) < 4.78 is 90.4. The van der Waals surface area contributed by atoms with Gasteiger partial charge in [-0.05, 0) is 89.7 Å². The molecule has 2 saturated carbocycles. The second kappa shape index (κ2) is 12.5. The summed E-state index contributed by atoms with van der Waals surface area (Å²) in [6.07, 6.45) is -5.42. The van der Waals surface area contributed by atoms with E-state index in [2.05, 4.69) is 15.0 Å². The highest BCUT2D eigenvalue weighted by atomic mass is 19.4. The quantitative estimate of drug-likeness (QED) is 0.235. The van der Waals surface area contributed by atoms with Crippen LogP contribution in [-0.2, 0) is 16.1 Å². The molecule has 2 N–H and O–H groups in total. The number of alkyl halides is 3. The van der Waals surface area contributed by atoms with E-state index in [-0.39, 0.29) is 35.0 Å². The summed E-state index contributed by atoms with van der Waals surface area (Å²) in [5.74, 6) is -4.36. The molecule has 2 unspecified atom stereocenters. The summed E-state index contributed by atoms with van der Waals surface area (Å²) in [6.45, 7) is 14.1. The summed E-state index contributed by atoms with van der Waals surface area (Å²) in [5, 5.41) is 13.6. The Labute approximate surface area is 292 Å². The Balaban J connectivity index is 1.51. The number of anilines is 1. The highest BCUT2D eigenvalue weighted by Crippen LogP contribution is 2.62. The largest absolute Gasteiger partial charge is 0.573 e. The van der Waals surface area contributed by atoms with Crippen LogP contribution in [0.4, 0.5) is 37.2 Å². The first kappa shape index (κ1) is 36.6. The van der Waals surface area contributed by atoms with Crippen LogP contribution in [0.25, 0.3) is 22.2 Å². The minimum Gasteiger partial charge on any atom is -0.444 e. The molecule has 0 spiro atoms. The number of benzene rings is 1. The summed E-state index contributed by atoms with van der Waals surface area (Å²) in [7, 11) is 0. The fourth-order valence-corrected chi connectivity index (χ4v) is 7.23. The smallest absolute Gasteiger partial charge is 0.444 e. The van der Waals surface area contributed by atoms with Gasteiger partial charge in [0.05, 0.1) is 23.4 Å². The number of amides is 2. The van der Waals surface area contributed by atoms with Crippen LogP contribution in [0.5, 0.6) is 5.75 Å². The van der Waals surface area contributed by atoms with Crippen molar-refractivity contribution >= 4 is 28.8 Å². The third-order valence-corrected chi connectivity index (χ3v) is 9.20. The average Bonchev–Trinajstić information content (AvgIpc) is 3.85. The van der Waals surface area contributed by atoms with Crippen LogP contribution in [0, 0.1) is 23.5 Å². The molecule has 3 aromatic rings. The number of carbonyl (C=O) groups is 2. The molecule has 3 heterocycles. The van der Waals surface area contributed by atoms with Gasteiger partial charge in [-0.15, -0.1) is 13.2 Å². The van der Waals surface area contributed by atoms with E-state index in [0.717, 1.165) is 6.07 Å². The second-order valence-electron chi connectivity index (χ2n) is 15.9. The van der Waals surface area contributed by atoms with Gasteiger partial charge in [-0.25, -0.2) is 23.4 Å². The maximum Gasteiger partial charge on any atom is 0.573 e. The van der Waals surface area contributed by atoms with Gasteiger partial charge in [-0.3, -0.25) is 5.32 Å². The van der Waals surface area contributed by atoms with E-state index >= 15 is 8.78 Å². The number of carbonyl (C=O) groups excluding carboxylic acids is 2. The zero-order chi connectivity index (χ0) is 37.5. The normalized spacial score (nSPS) is 20.5. The molecule has 278 valence electrons. The van der Waals surface area contributed by atoms with E-state index in [4.69, 9.17) is 9.47 Å². The zero-order valence-corrected chi connectivity index (χ0v) is 29.8. The Hall–Kier alpha value is -4.14. The molecular weight excluding hydrogens is 679 g/mol. The Bertz CT molecular complexity index is 1880. The predicted octanol–water partition coefficient (Wildman–Crippen LogP) is 8.76. The molecule has 3 fully saturated rings. The number of nitrogens with one attached hydrogen (secondary N) is 1. The number of nitrogens with zero attached hydrogens (tertiary/aromatic N) is 3. The van der Waals surface area contributed by atoms with Gasteiger partial charge in [-0.1, -0.05) is 13.8 Å². The highest BCUT2D eigenvalue weighted by molar-refractivity contribution is 5.94. The molecule has 2 aliphatic carbocycles. The van der Waals surface area contributed by atoms with Crippen LogP contribution < -0.4 is 10.1 Å². The van der Waals surface area contributed by atoms with Crippen molar-refractivity contribution in [3.8, 4) is 17.0 Å². The molecule has 15 heteroatoms. The van der Waals surface area contributed by atoms with Crippen LogP contribution in [0.2, 0.25) is 0 Å². The van der Waals surface area contributed by atoms with Crippen LogP contribution >= 0.6 is 0 Å². The third kappa shape index (κ3) is 7.31. The number of pyridine rings is 1. The summed E-state index contributed by atoms with van der Waals surface area (Å²) in [5.41, 5.74) is -1.64. The molecule has 1 aromatic carbocycles. The van der Waals surface area contributed by atoms with Crippen molar-refractivity contribution in [3.05, 3.63) is 40.7 Å². The van der Waals surface area contributed by atoms with Crippen molar-refractivity contribution in [1.29, 1.82) is 0 Å². The van der Waals surface area contributed by atoms with Crippen molar-refractivity contribution in [2.75, 3.05) is 18.4 Å². The molecule has 51 heavy (non-hydrogen) atoms. The lowest BCUT2D eigenvalue weighted by Crippen LogP contribution is -2.36. The highest BCUT2D eigenvalue weighted by Gasteiger charge is 2.59. The first-order valence-electron chi connectivity index (χ1n) is 17.0. The van der Waals surface area contributed by atoms with E-state index < -0.39 is 70.9 Å². The van der Waals surface area contributed by atoms with E-state index in [1.165, 1.54) is 0 Å². The Morgan fingerprint density at radius 2 is 1.61 bits per heavy atom. The molecule has 2 atom stereocenters. The molecule has 0 bridgehead atoms. The first-order valence-corrected chi connectivity index (χ1v) is 17.0. The van der Waals surface area contributed by atoms with E-state index in [1.54, 1.807) is 64.9 Å². The lowest BCUT2D eigenvalue weighted by molar-refractivity contribution is -0.275. The van der Waals surface area contributed by atoms with E-state index in [9.17, 15) is 27.9 Å². The number of aromatic nitrogens is 2. The molecule has 2 amide bonds. The van der Waals surface area contributed by atoms with Gasteiger partial charge in [0.25, 0.3) is 0 Å². The molecule has 2 aromatic heterocycles. The summed E-state index contributed by atoms with van der Waals surface area (Å²) in [6, 6.07) is 1.40. The number of likely N-dealkylation sites (tertiary alicyclic amines) is 1. The average molecular weight is 723 g/mol. The van der Waals surface area contributed by atoms with Gasteiger partial charge in [-0.2, -0.15) is 0 Å². The monoisotopic (exact) mass is 722 g/mol. The standard InChI is InChI=1S/C36H43F5N4O6/c1-16(2)28-26-25(24-20-13-44(14-21(20)24)33(48)51-35(6,7)8)23(15-46)45(18-9-10-18)30(26)27(38)29(43-28)19-11-17(42-32(47)50-34(3,4)5)12-22(37)31(19)49-36(39,40)41/h11-12,16,18,20-21,24,46H,9-10,13-15H2,1-8H3,(H,42,47). The SMILES string of the molecule is CC(C)c1nc(-c2cc(NC(=O)OC(C)(C)C)cc(F)c2OC(F)(F)F)c(F)c2c1c(C1C3CN(C(=O)OC(C)(C)C)CC31)c(CO)n2C1CC1. The number of aliphatic hydroxyl groups excluding tert-OH is 1. The van der Waals surface area contributed by atoms with Gasteiger partial charge < -0.3 is 28.8 Å². The van der Waals surface area contributed by atoms with Crippen LogP contribution in [0.15, 0.2) is 12.1 Å². The molecule has 1 aliphatic heterocycles. The molecule has 10 nitrogen and oxygen atoms in total. The number of fused-ring (bicyclic) bond motifs is 2. The Kier molecular flexibility index (Phi) is 9.00. The fourth-order valence-electron chi connectivity index (χ4n) is 7.23. The van der Waals surface area contributed by atoms with Crippen LogP contribution in [-0.4, -0.2) is 62.4 Å². The van der Waals surface area contributed by atoms with Gasteiger partial charge in [0.1, 0.15) is 16.9 Å². The van der Waals surface area contributed by atoms with Crippen molar-refractivity contribution in [1.82, 2.24) is 14.5 Å². The molecule has 1 saturated heterocycles. The Morgan fingerprint density at radius 1 is 1.00 bits per heavy atom. The van der Waals surface area contributed by atoms with Crippen molar-refractivity contribution in [3.63, 3.8) is 0 Å². The Morgan fingerprint density at radius 3 is 2.12 bits per heavy atom. The van der Waals surface area contributed by atoms with Crippen LogP contribution in [0.3, 0.4) is 0 Å². The topological polar surface area (TPSA) is 115 Å². The van der Waals surface area contributed by atoms with Gasteiger partial charge in [0, 0.05) is 42.0 Å².